The highest BCUT2D eigenvalue weighted by Crippen LogP contribution is 2.51. The third-order valence-corrected chi connectivity index (χ3v) is 9.02. The summed E-state index contributed by atoms with van der Waals surface area (Å²) in [6.07, 6.45) is -0.544. The molecular formula is C22H24Cl2NO6PS. The summed E-state index contributed by atoms with van der Waals surface area (Å²) in [4.78, 5) is -0.153. The van der Waals surface area contributed by atoms with Crippen LogP contribution >= 0.6 is 30.8 Å². The molecule has 0 unspecified atom stereocenters. The maximum atomic E-state index is 13.9. The standard InChI is InChI=1S/C22H24Cl2NO6PS/c1-4-30-32(26,31-5-2)15-25(33(27,28)18-13-16(23)12-17(24)14-18)21-10-11-22(29-3)20-9-7-6-8-19(20)21/h6-14H,4-5,15H2,1-3H3. The summed E-state index contributed by atoms with van der Waals surface area (Å²) in [5, 5.41) is 1.56. The molecule has 0 saturated heterocycles. The number of halogens is 2. The Kier molecular flexibility index (Phi) is 8.32. The van der Waals surface area contributed by atoms with Gasteiger partial charge >= 0.3 is 7.60 Å². The molecule has 178 valence electrons. The minimum atomic E-state index is -4.29. The van der Waals surface area contributed by atoms with E-state index in [1.54, 1.807) is 38.1 Å². The summed E-state index contributed by atoms with van der Waals surface area (Å²) < 4.78 is 58.4. The SMILES string of the molecule is CCOP(=O)(CN(c1ccc(OC)c2ccccc12)S(=O)(=O)c1cc(Cl)cc(Cl)c1)OCC. The molecule has 0 radical (unpaired) electrons. The van der Waals surface area contributed by atoms with Crippen LogP contribution in [-0.2, 0) is 23.6 Å². The summed E-state index contributed by atoms with van der Waals surface area (Å²) in [6.45, 7) is 3.48. The van der Waals surface area contributed by atoms with E-state index in [-0.39, 0.29) is 33.8 Å². The molecule has 7 nitrogen and oxygen atoms in total. The highest BCUT2D eigenvalue weighted by molar-refractivity contribution is 7.93. The molecule has 0 aliphatic heterocycles. The Morgan fingerprint density at radius 2 is 1.48 bits per heavy atom. The first-order chi connectivity index (χ1) is 15.6. The molecule has 0 fully saturated rings. The van der Waals surface area contributed by atoms with E-state index in [2.05, 4.69) is 0 Å². The Bertz CT molecular complexity index is 1270. The van der Waals surface area contributed by atoms with Gasteiger partial charge in [0.25, 0.3) is 10.0 Å². The van der Waals surface area contributed by atoms with Gasteiger partial charge in [-0.15, -0.1) is 0 Å². The van der Waals surface area contributed by atoms with E-state index >= 15 is 0 Å². The maximum Gasteiger partial charge on any atom is 0.350 e. The minimum Gasteiger partial charge on any atom is -0.496 e. The fraction of sp³-hybridized carbons (Fsp3) is 0.273. The highest BCUT2D eigenvalue weighted by atomic mass is 35.5. The summed E-state index contributed by atoms with van der Waals surface area (Å²) in [5.41, 5.74) is 0.280. The minimum absolute atomic E-state index is 0.0809. The molecule has 0 N–H and O–H groups in total. The second kappa shape index (κ2) is 10.6. The van der Waals surface area contributed by atoms with Crippen LogP contribution in [0, 0.1) is 0 Å². The monoisotopic (exact) mass is 531 g/mol. The first-order valence-electron chi connectivity index (χ1n) is 10.1. The number of methoxy groups -OCH3 is 1. The van der Waals surface area contributed by atoms with E-state index < -0.39 is 23.9 Å². The lowest BCUT2D eigenvalue weighted by Crippen LogP contribution is -2.33. The third kappa shape index (κ3) is 5.65. The summed E-state index contributed by atoms with van der Waals surface area (Å²) >= 11 is 12.2. The molecule has 0 spiro atoms. The van der Waals surface area contributed by atoms with Crippen molar-refractivity contribution in [3.63, 3.8) is 0 Å². The van der Waals surface area contributed by atoms with Crippen molar-refractivity contribution in [2.75, 3.05) is 30.9 Å². The zero-order valence-electron chi connectivity index (χ0n) is 18.3. The van der Waals surface area contributed by atoms with Crippen molar-refractivity contribution in [1.82, 2.24) is 0 Å². The zero-order valence-corrected chi connectivity index (χ0v) is 21.5. The number of hydrogen-bond acceptors (Lipinski definition) is 6. The van der Waals surface area contributed by atoms with Crippen molar-refractivity contribution in [3.05, 3.63) is 64.6 Å². The number of fused-ring (bicyclic) bond motifs is 1. The first-order valence-corrected chi connectivity index (χ1v) is 14.0. The predicted octanol–water partition coefficient (Wildman–Crippen LogP) is 6.57. The average molecular weight is 532 g/mol. The fourth-order valence-electron chi connectivity index (χ4n) is 3.41. The Hall–Kier alpha value is -1.80. The van der Waals surface area contributed by atoms with Crippen molar-refractivity contribution >= 4 is 57.3 Å². The third-order valence-electron chi connectivity index (χ3n) is 4.73. The molecular weight excluding hydrogens is 508 g/mol. The molecule has 0 aliphatic rings. The molecule has 3 rings (SSSR count). The Morgan fingerprint density at radius 3 is 2.03 bits per heavy atom. The van der Waals surface area contributed by atoms with Crippen LogP contribution < -0.4 is 9.04 Å². The molecule has 0 aliphatic carbocycles. The van der Waals surface area contributed by atoms with Crippen LogP contribution in [0.25, 0.3) is 10.8 Å². The van der Waals surface area contributed by atoms with Crippen molar-refractivity contribution in [2.45, 2.75) is 18.7 Å². The smallest absolute Gasteiger partial charge is 0.350 e. The molecule has 11 heteroatoms. The van der Waals surface area contributed by atoms with E-state index in [4.69, 9.17) is 37.0 Å². The Morgan fingerprint density at radius 1 is 0.909 bits per heavy atom. The molecule has 0 amide bonds. The predicted molar refractivity (Wildman–Crippen MR) is 132 cm³/mol. The molecule has 0 saturated carbocycles. The van der Waals surface area contributed by atoms with Crippen molar-refractivity contribution in [3.8, 4) is 5.75 Å². The van der Waals surface area contributed by atoms with E-state index in [9.17, 15) is 13.0 Å². The van der Waals surface area contributed by atoms with Crippen molar-refractivity contribution < 1.29 is 26.8 Å². The lowest BCUT2D eigenvalue weighted by Gasteiger charge is -2.29. The molecule has 0 aromatic heterocycles. The van der Waals surface area contributed by atoms with Crippen LogP contribution in [-0.4, -0.2) is 35.0 Å². The second-order valence-corrected chi connectivity index (χ2v) is 11.6. The molecule has 33 heavy (non-hydrogen) atoms. The average Bonchev–Trinajstić information content (AvgIpc) is 2.76. The largest absolute Gasteiger partial charge is 0.496 e. The van der Waals surface area contributed by atoms with Crippen LogP contribution in [0.15, 0.2) is 59.5 Å². The quantitative estimate of drug-likeness (QED) is 0.275. The van der Waals surface area contributed by atoms with E-state index in [1.807, 2.05) is 12.1 Å². The molecule has 0 atom stereocenters. The van der Waals surface area contributed by atoms with Crippen molar-refractivity contribution in [2.24, 2.45) is 0 Å². The van der Waals surface area contributed by atoms with E-state index in [0.717, 1.165) is 4.31 Å². The second-order valence-electron chi connectivity index (χ2n) is 6.88. The molecule has 0 bridgehead atoms. The summed E-state index contributed by atoms with van der Waals surface area (Å²) in [5.74, 6) is 0.565. The molecule has 3 aromatic carbocycles. The van der Waals surface area contributed by atoms with Gasteiger partial charge in [-0.25, -0.2) is 8.42 Å². The number of benzene rings is 3. The molecule has 0 heterocycles. The zero-order chi connectivity index (χ0) is 24.2. The van der Waals surface area contributed by atoms with Gasteiger partial charge < -0.3 is 13.8 Å². The summed E-state index contributed by atoms with van der Waals surface area (Å²) in [6, 6.07) is 14.4. The number of ether oxygens (including phenoxy) is 1. The van der Waals surface area contributed by atoms with Crippen LogP contribution in [0.1, 0.15) is 13.8 Å². The van der Waals surface area contributed by atoms with Gasteiger partial charge in [-0.05, 0) is 44.2 Å². The van der Waals surface area contributed by atoms with E-state index in [1.165, 1.54) is 25.3 Å². The van der Waals surface area contributed by atoms with Crippen LogP contribution in [0.5, 0.6) is 5.75 Å². The van der Waals surface area contributed by atoms with Gasteiger partial charge in [-0.1, -0.05) is 47.5 Å². The molecule has 3 aromatic rings. The normalized spacial score (nSPS) is 12.2. The first kappa shape index (κ1) is 25.8. The van der Waals surface area contributed by atoms with E-state index in [0.29, 0.717) is 16.5 Å². The number of sulfonamides is 1. The number of anilines is 1. The number of rotatable bonds is 10. The topological polar surface area (TPSA) is 82.1 Å². The van der Waals surface area contributed by atoms with Gasteiger partial charge in [0.2, 0.25) is 0 Å². The van der Waals surface area contributed by atoms with Gasteiger partial charge in [-0.2, -0.15) is 0 Å². The fourth-order valence-corrected chi connectivity index (χ4v) is 7.81. The summed E-state index contributed by atoms with van der Waals surface area (Å²) in [7, 11) is -6.59. The van der Waals surface area contributed by atoms with Gasteiger partial charge in [0, 0.05) is 20.8 Å². The van der Waals surface area contributed by atoms with Crippen LogP contribution in [0.2, 0.25) is 10.0 Å². The van der Waals surface area contributed by atoms with Gasteiger partial charge in [0.1, 0.15) is 12.0 Å². The Balaban J connectivity index is 2.29. The number of hydrogen-bond donors (Lipinski definition) is 0. The lowest BCUT2D eigenvalue weighted by atomic mass is 10.1. The van der Waals surface area contributed by atoms with Crippen LogP contribution in [0.4, 0.5) is 5.69 Å². The Labute approximate surface area is 203 Å². The van der Waals surface area contributed by atoms with Gasteiger partial charge in [0.15, 0.2) is 0 Å². The van der Waals surface area contributed by atoms with Gasteiger partial charge in [-0.3, -0.25) is 8.87 Å². The number of nitrogens with zero attached hydrogens (tertiary/aromatic N) is 1. The highest BCUT2D eigenvalue weighted by Gasteiger charge is 2.36. The lowest BCUT2D eigenvalue weighted by molar-refractivity contribution is 0.221. The van der Waals surface area contributed by atoms with Gasteiger partial charge in [0.05, 0.1) is 30.9 Å². The van der Waals surface area contributed by atoms with Crippen LogP contribution in [0.3, 0.4) is 0 Å². The maximum absolute atomic E-state index is 13.9. The van der Waals surface area contributed by atoms with Crippen molar-refractivity contribution in [1.29, 1.82) is 0 Å².